The van der Waals surface area contributed by atoms with E-state index < -0.39 is 0 Å². The van der Waals surface area contributed by atoms with E-state index >= 15 is 0 Å². The zero-order valence-corrected chi connectivity index (χ0v) is 23.0. The number of rotatable bonds is 5. The van der Waals surface area contributed by atoms with Crippen molar-refractivity contribution in [3.8, 4) is 0 Å². The Hall–Kier alpha value is -4.71. The first-order valence-corrected chi connectivity index (χ1v) is 14.0. The predicted octanol–water partition coefficient (Wildman–Crippen LogP) is 8.62. The molecule has 4 N–H and O–H groups in total. The van der Waals surface area contributed by atoms with Crippen LogP contribution in [0.3, 0.4) is 0 Å². The average molecular weight is 525 g/mol. The van der Waals surface area contributed by atoms with Crippen LogP contribution < -0.4 is 16.4 Å². The molecule has 40 heavy (non-hydrogen) atoms. The Morgan fingerprint density at radius 1 is 0.775 bits per heavy atom. The maximum absolute atomic E-state index is 6.00. The quantitative estimate of drug-likeness (QED) is 0.119. The number of anilines is 4. The van der Waals surface area contributed by atoms with Crippen LogP contribution in [0.2, 0.25) is 0 Å². The molecular weight excluding hydrogens is 492 g/mol. The zero-order valence-electron chi connectivity index (χ0n) is 23.0. The van der Waals surface area contributed by atoms with E-state index in [2.05, 4.69) is 79.9 Å². The minimum Gasteiger partial charge on any atom is -0.399 e. The van der Waals surface area contributed by atoms with E-state index in [9.17, 15) is 0 Å². The Balaban J connectivity index is 1.69. The highest BCUT2D eigenvalue weighted by atomic mass is 15.0. The summed E-state index contributed by atoms with van der Waals surface area (Å²) in [6.07, 6.45) is 3.88. The summed E-state index contributed by atoms with van der Waals surface area (Å²) >= 11 is 0. The lowest BCUT2D eigenvalue weighted by molar-refractivity contribution is 0.443. The van der Waals surface area contributed by atoms with Crippen LogP contribution in [0.5, 0.6) is 0 Å². The first-order chi connectivity index (χ1) is 19.5. The molecule has 0 aliphatic carbocycles. The maximum Gasteiger partial charge on any atom is 0.115 e. The summed E-state index contributed by atoms with van der Waals surface area (Å²) in [4.78, 5) is 16.0. The highest BCUT2D eigenvalue weighted by Gasteiger charge is 2.34. The Bertz CT molecular complexity index is 1970. The normalized spacial score (nSPS) is 13.2. The highest BCUT2D eigenvalue weighted by molar-refractivity contribution is 6.24. The summed E-state index contributed by atoms with van der Waals surface area (Å²) in [6, 6.07) is 24.8. The molecular formula is C34H32N6. The van der Waals surface area contributed by atoms with Gasteiger partial charge in [-0.3, -0.25) is 4.99 Å². The molecule has 7 rings (SSSR count). The average Bonchev–Trinajstić information content (AvgIpc) is 3.01. The number of nitrogens with two attached hydrogens (primary N) is 1. The van der Waals surface area contributed by atoms with Crippen LogP contribution >= 0.6 is 0 Å². The molecule has 0 unspecified atom stereocenters. The van der Waals surface area contributed by atoms with Gasteiger partial charge in [0.15, 0.2) is 0 Å². The molecule has 2 heterocycles. The Morgan fingerprint density at radius 2 is 1.35 bits per heavy atom. The van der Waals surface area contributed by atoms with E-state index in [4.69, 9.17) is 20.7 Å². The molecule has 0 saturated carbocycles. The SMILES string of the molecule is CCC(C)(CC)c1c2c(c(Nc3ccc(N)cc3)c3nc4c5ccccc5c5ccccc5c4nc13)NCC=N2. The molecule has 0 saturated heterocycles. The minimum atomic E-state index is -0.132. The zero-order chi connectivity index (χ0) is 27.4. The molecule has 5 aromatic carbocycles. The minimum absolute atomic E-state index is 0.132. The number of aliphatic imine (C=N–C) groups is 1. The molecule has 6 aromatic rings. The van der Waals surface area contributed by atoms with Crippen LogP contribution in [0, 0.1) is 0 Å². The van der Waals surface area contributed by atoms with E-state index in [1.807, 2.05) is 30.5 Å². The second-order valence-corrected chi connectivity index (χ2v) is 10.9. The Labute approximate surface area is 233 Å². The van der Waals surface area contributed by atoms with Crippen LogP contribution in [0.15, 0.2) is 77.8 Å². The number of nitrogens with zero attached hydrogens (tertiary/aromatic N) is 3. The second kappa shape index (κ2) is 9.19. The van der Waals surface area contributed by atoms with E-state index in [1.165, 1.54) is 10.8 Å². The fourth-order valence-electron chi connectivity index (χ4n) is 6.08. The van der Waals surface area contributed by atoms with Crippen molar-refractivity contribution >= 4 is 78.3 Å². The number of hydrogen-bond acceptors (Lipinski definition) is 6. The second-order valence-electron chi connectivity index (χ2n) is 10.9. The molecule has 0 spiro atoms. The standard InChI is InChI=1S/C34H32N6/c1-4-34(3,5-2)26-29-31(37-19-18-36-29)33(38-21-16-14-20(35)15-17-21)32-30(26)39-27-24-12-8-6-10-22(24)23-11-7-9-13-25(23)28(27)40-32/h6-18,37-38H,4-5,19,35H2,1-3H3. The molecule has 1 aromatic heterocycles. The number of aromatic nitrogens is 2. The van der Waals surface area contributed by atoms with Crippen molar-refractivity contribution in [2.24, 2.45) is 4.99 Å². The summed E-state index contributed by atoms with van der Waals surface area (Å²) in [5, 5.41) is 11.9. The summed E-state index contributed by atoms with van der Waals surface area (Å²) in [5.41, 5.74) is 15.0. The van der Waals surface area contributed by atoms with Crippen molar-refractivity contribution < 1.29 is 0 Å². The van der Waals surface area contributed by atoms with Gasteiger partial charge in [0.1, 0.15) is 5.52 Å². The van der Waals surface area contributed by atoms with Gasteiger partial charge < -0.3 is 16.4 Å². The fraction of sp³-hybridized carbons (Fsp3) is 0.206. The molecule has 6 heteroatoms. The van der Waals surface area contributed by atoms with Crippen molar-refractivity contribution in [1.29, 1.82) is 0 Å². The largest absolute Gasteiger partial charge is 0.399 e. The summed E-state index contributed by atoms with van der Waals surface area (Å²) < 4.78 is 0. The highest BCUT2D eigenvalue weighted by Crippen LogP contribution is 2.51. The number of hydrogen-bond donors (Lipinski definition) is 3. The maximum atomic E-state index is 6.00. The molecule has 0 fully saturated rings. The third-order valence-corrected chi connectivity index (χ3v) is 8.68. The van der Waals surface area contributed by atoms with Crippen molar-refractivity contribution in [2.45, 2.75) is 39.0 Å². The lowest BCUT2D eigenvalue weighted by Crippen LogP contribution is -2.23. The number of fused-ring (bicyclic) bond motifs is 8. The van der Waals surface area contributed by atoms with Gasteiger partial charge in [-0.1, -0.05) is 69.3 Å². The van der Waals surface area contributed by atoms with Gasteiger partial charge in [-0.15, -0.1) is 0 Å². The van der Waals surface area contributed by atoms with Crippen LogP contribution in [0.25, 0.3) is 43.6 Å². The van der Waals surface area contributed by atoms with Crippen LogP contribution in [-0.2, 0) is 5.41 Å². The van der Waals surface area contributed by atoms with Gasteiger partial charge in [0.25, 0.3) is 0 Å². The number of nitrogen functional groups attached to an aromatic ring is 1. The van der Waals surface area contributed by atoms with Crippen molar-refractivity contribution in [3.05, 3.63) is 78.4 Å². The summed E-state index contributed by atoms with van der Waals surface area (Å²) in [5.74, 6) is 0. The van der Waals surface area contributed by atoms with Gasteiger partial charge >= 0.3 is 0 Å². The fourth-order valence-corrected chi connectivity index (χ4v) is 6.08. The lowest BCUT2D eigenvalue weighted by atomic mass is 9.75. The molecule has 6 nitrogen and oxygen atoms in total. The summed E-state index contributed by atoms with van der Waals surface area (Å²) in [7, 11) is 0. The monoisotopic (exact) mass is 524 g/mol. The number of benzene rings is 5. The van der Waals surface area contributed by atoms with E-state index in [1.54, 1.807) is 0 Å². The molecule has 1 aliphatic rings. The third kappa shape index (κ3) is 3.59. The number of nitrogens with one attached hydrogen (secondary N) is 2. The van der Waals surface area contributed by atoms with Crippen molar-refractivity contribution in [1.82, 2.24) is 9.97 Å². The third-order valence-electron chi connectivity index (χ3n) is 8.68. The van der Waals surface area contributed by atoms with Crippen molar-refractivity contribution in [3.63, 3.8) is 0 Å². The van der Waals surface area contributed by atoms with E-state index in [-0.39, 0.29) is 5.41 Å². The van der Waals surface area contributed by atoms with Gasteiger partial charge in [-0.05, 0) is 53.3 Å². The van der Waals surface area contributed by atoms with Gasteiger partial charge in [-0.25, -0.2) is 9.97 Å². The van der Waals surface area contributed by atoms with E-state index in [0.717, 1.165) is 79.7 Å². The van der Waals surface area contributed by atoms with Gasteiger partial charge in [0.05, 0.1) is 40.2 Å². The predicted molar refractivity (Wildman–Crippen MR) is 171 cm³/mol. The molecule has 198 valence electrons. The first-order valence-electron chi connectivity index (χ1n) is 14.0. The Kier molecular flexibility index (Phi) is 5.59. The van der Waals surface area contributed by atoms with E-state index in [0.29, 0.717) is 6.54 Å². The lowest BCUT2D eigenvalue weighted by Gasteiger charge is -2.33. The molecule has 0 radical (unpaired) electrons. The molecule has 1 aliphatic heterocycles. The van der Waals surface area contributed by atoms with Crippen LogP contribution in [0.1, 0.15) is 39.2 Å². The molecule has 0 amide bonds. The Morgan fingerprint density at radius 3 is 1.95 bits per heavy atom. The van der Waals surface area contributed by atoms with Crippen LogP contribution in [-0.4, -0.2) is 22.7 Å². The van der Waals surface area contributed by atoms with Gasteiger partial charge in [0.2, 0.25) is 0 Å². The topological polar surface area (TPSA) is 88.2 Å². The molecule has 0 atom stereocenters. The van der Waals surface area contributed by atoms with Crippen molar-refractivity contribution in [2.75, 3.05) is 22.9 Å². The molecule has 0 bridgehead atoms. The first kappa shape index (κ1) is 24.3. The van der Waals surface area contributed by atoms with Gasteiger partial charge in [-0.2, -0.15) is 0 Å². The van der Waals surface area contributed by atoms with Crippen LogP contribution in [0.4, 0.5) is 28.4 Å². The van der Waals surface area contributed by atoms with Gasteiger partial charge in [0, 0.05) is 33.9 Å². The summed E-state index contributed by atoms with van der Waals surface area (Å²) in [6.45, 7) is 7.47. The smallest absolute Gasteiger partial charge is 0.115 e.